The van der Waals surface area contributed by atoms with Crippen molar-refractivity contribution in [3.05, 3.63) is 64.3 Å². The number of rotatable bonds is 6. The third kappa shape index (κ3) is 4.23. The molecular weight excluding hydrogens is 452 g/mol. The molecule has 3 rings (SSSR count). The van der Waals surface area contributed by atoms with Crippen molar-refractivity contribution in [2.24, 2.45) is 0 Å². The Labute approximate surface area is 182 Å². The minimum absolute atomic E-state index is 0.0141. The Morgan fingerprint density at radius 2 is 1.67 bits per heavy atom. The van der Waals surface area contributed by atoms with Crippen molar-refractivity contribution in [1.82, 2.24) is 9.78 Å². The van der Waals surface area contributed by atoms with Crippen molar-refractivity contribution >= 4 is 27.9 Å². The lowest BCUT2D eigenvalue weighted by molar-refractivity contribution is 0.0549. The van der Waals surface area contributed by atoms with Gasteiger partial charge in [-0.05, 0) is 54.0 Å². The number of para-hydroxylation sites is 1. The monoisotopic (exact) mass is 472 g/mol. The van der Waals surface area contributed by atoms with Crippen molar-refractivity contribution in [2.45, 2.75) is 20.0 Å². The summed E-state index contributed by atoms with van der Waals surface area (Å²) in [5.74, 6) is -0.803. The number of methoxy groups -OCH3 is 2. The molecule has 7 nitrogen and oxygen atoms in total. The highest BCUT2D eigenvalue weighted by Crippen LogP contribution is 2.34. The smallest absolute Gasteiger partial charge is 0.357 e. The summed E-state index contributed by atoms with van der Waals surface area (Å²) < 4.78 is 17.9. The largest absolute Gasteiger partial charge is 0.490 e. The fraction of sp³-hybridized carbons (Fsp3) is 0.227. The highest BCUT2D eigenvalue weighted by atomic mass is 79.9. The van der Waals surface area contributed by atoms with Gasteiger partial charge in [0.2, 0.25) is 0 Å². The van der Waals surface area contributed by atoms with E-state index in [0.29, 0.717) is 17.0 Å². The molecule has 8 heteroatoms. The van der Waals surface area contributed by atoms with Gasteiger partial charge in [-0.25, -0.2) is 14.3 Å². The van der Waals surface area contributed by atoms with Crippen molar-refractivity contribution in [1.29, 1.82) is 0 Å². The zero-order chi connectivity index (χ0) is 21.8. The van der Waals surface area contributed by atoms with Gasteiger partial charge < -0.3 is 14.2 Å². The van der Waals surface area contributed by atoms with Crippen LogP contribution in [0.15, 0.2) is 53.0 Å². The molecule has 0 spiro atoms. The van der Waals surface area contributed by atoms with Crippen LogP contribution in [-0.4, -0.2) is 42.0 Å². The topological polar surface area (TPSA) is 79.7 Å². The first-order valence-corrected chi connectivity index (χ1v) is 9.98. The maximum absolute atomic E-state index is 12.7. The Hall–Kier alpha value is -3.13. The molecule has 0 aliphatic heterocycles. The predicted molar refractivity (Wildman–Crippen MR) is 115 cm³/mol. The Bertz CT molecular complexity index is 1080. The van der Waals surface area contributed by atoms with Gasteiger partial charge in [0.1, 0.15) is 17.0 Å². The summed E-state index contributed by atoms with van der Waals surface area (Å²) in [4.78, 5) is 25.3. The zero-order valence-corrected chi connectivity index (χ0v) is 18.6. The lowest BCUT2D eigenvalue weighted by Gasteiger charge is -2.12. The van der Waals surface area contributed by atoms with E-state index >= 15 is 0 Å². The first-order valence-electron chi connectivity index (χ1n) is 9.19. The summed E-state index contributed by atoms with van der Waals surface area (Å²) in [6.07, 6.45) is -0.0517. The van der Waals surface area contributed by atoms with E-state index in [-0.39, 0.29) is 23.1 Å². The second-order valence-electron chi connectivity index (χ2n) is 6.61. The molecule has 156 valence electrons. The van der Waals surface area contributed by atoms with Gasteiger partial charge >= 0.3 is 11.9 Å². The molecule has 0 aliphatic rings. The maximum Gasteiger partial charge on any atom is 0.357 e. The minimum Gasteiger partial charge on any atom is -0.490 e. The molecule has 1 heterocycles. The van der Waals surface area contributed by atoms with Gasteiger partial charge in [0.15, 0.2) is 5.69 Å². The Kier molecular flexibility index (Phi) is 6.56. The molecule has 0 saturated heterocycles. The standard InChI is InChI=1S/C22H21BrN2O5/c1-13(2)30-17-12-14(10-11-16(17)23)19-18(21(26)28-3)20(22(27)29-4)25(24-19)15-8-6-5-7-9-15/h5-13H,1-4H3. The third-order valence-electron chi connectivity index (χ3n) is 4.22. The lowest BCUT2D eigenvalue weighted by atomic mass is 10.1. The summed E-state index contributed by atoms with van der Waals surface area (Å²) >= 11 is 3.47. The van der Waals surface area contributed by atoms with Crippen LogP contribution < -0.4 is 4.74 Å². The van der Waals surface area contributed by atoms with Crippen LogP contribution in [0.5, 0.6) is 5.75 Å². The van der Waals surface area contributed by atoms with E-state index in [1.165, 1.54) is 18.9 Å². The quantitative estimate of drug-likeness (QED) is 0.485. The third-order valence-corrected chi connectivity index (χ3v) is 4.88. The number of halogens is 1. The van der Waals surface area contributed by atoms with Gasteiger partial charge in [-0.15, -0.1) is 0 Å². The van der Waals surface area contributed by atoms with Gasteiger partial charge in [-0.3, -0.25) is 0 Å². The number of benzene rings is 2. The Morgan fingerprint density at radius 3 is 2.27 bits per heavy atom. The van der Waals surface area contributed by atoms with Gasteiger partial charge in [-0.2, -0.15) is 5.10 Å². The molecule has 0 saturated carbocycles. The Morgan fingerprint density at radius 1 is 1.00 bits per heavy atom. The molecule has 0 N–H and O–H groups in total. The fourth-order valence-corrected chi connectivity index (χ4v) is 3.29. The fourth-order valence-electron chi connectivity index (χ4n) is 2.95. The first-order chi connectivity index (χ1) is 14.4. The number of nitrogens with zero attached hydrogens (tertiary/aromatic N) is 2. The molecule has 0 radical (unpaired) electrons. The van der Waals surface area contributed by atoms with Crippen molar-refractivity contribution in [2.75, 3.05) is 14.2 Å². The number of esters is 2. The summed E-state index contributed by atoms with van der Waals surface area (Å²) in [7, 11) is 2.50. The Balaban J connectivity index is 2.31. The summed E-state index contributed by atoms with van der Waals surface area (Å²) in [5, 5.41) is 4.58. The second kappa shape index (κ2) is 9.13. The van der Waals surface area contributed by atoms with Crippen molar-refractivity contribution < 1.29 is 23.8 Å². The number of hydrogen-bond donors (Lipinski definition) is 0. The molecule has 3 aromatic rings. The number of carbonyl (C=O) groups excluding carboxylic acids is 2. The molecule has 0 amide bonds. The number of carbonyl (C=O) groups is 2. The van der Waals surface area contributed by atoms with Crippen LogP contribution in [0.1, 0.15) is 34.7 Å². The second-order valence-corrected chi connectivity index (χ2v) is 7.47. The van der Waals surface area contributed by atoms with Crippen molar-refractivity contribution in [3.8, 4) is 22.7 Å². The van der Waals surface area contributed by atoms with Gasteiger partial charge in [0.05, 0.1) is 30.5 Å². The molecule has 0 unspecified atom stereocenters. The van der Waals surface area contributed by atoms with Crippen LogP contribution in [0.4, 0.5) is 0 Å². The molecule has 0 bridgehead atoms. The lowest BCUT2D eigenvalue weighted by Crippen LogP contribution is -2.15. The zero-order valence-electron chi connectivity index (χ0n) is 17.0. The molecular formula is C22H21BrN2O5. The maximum atomic E-state index is 12.7. The average molecular weight is 473 g/mol. The number of aromatic nitrogens is 2. The van der Waals surface area contributed by atoms with Crippen LogP contribution in [0, 0.1) is 0 Å². The summed E-state index contributed by atoms with van der Waals surface area (Å²) in [6.45, 7) is 3.83. The van der Waals surface area contributed by atoms with Crippen LogP contribution >= 0.6 is 15.9 Å². The van der Waals surface area contributed by atoms with Gasteiger partial charge in [0.25, 0.3) is 0 Å². The van der Waals surface area contributed by atoms with E-state index in [2.05, 4.69) is 21.0 Å². The van der Waals surface area contributed by atoms with Crippen LogP contribution in [0.3, 0.4) is 0 Å². The molecule has 2 aromatic carbocycles. The predicted octanol–water partition coefficient (Wildman–Crippen LogP) is 4.66. The molecule has 0 fully saturated rings. The van der Waals surface area contributed by atoms with E-state index in [1.54, 1.807) is 30.3 Å². The highest BCUT2D eigenvalue weighted by molar-refractivity contribution is 9.10. The number of hydrogen-bond acceptors (Lipinski definition) is 6. The molecule has 0 atom stereocenters. The van der Waals surface area contributed by atoms with Gasteiger partial charge in [-0.1, -0.05) is 24.3 Å². The van der Waals surface area contributed by atoms with E-state index in [9.17, 15) is 9.59 Å². The van der Waals surface area contributed by atoms with Crippen molar-refractivity contribution in [3.63, 3.8) is 0 Å². The molecule has 1 aromatic heterocycles. The highest BCUT2D eigenvalue weighted by Gasteiger charge is 2.31. The van der Waals surface area contributed by atoms with E-state index < -0.39 is 11.9 Å². The first kappa shape index (κ1) is 21.6. The van der Waals surface area contributed by atoms with Crippen LogP contribution in [0.25, 0.3) is 16.9 Å². The molecule has 30 heavy (non-hydrogen) atoms. The van der Waals surface area contributed by atoms with Crippen LogP contribution in [0.2, 0.25) is 0 Å². The van der Waals surface area contributed by atoms with Crippen LogP contribution in [-0.2, 0) is 9.47 Å². The number of ether oxygens (including phenoxy) is 3. The SMILES string of the molecule is COC(=O)c1c(-c2ccc(Br)c(OC(C)C)c2)nn(-c2ccccc2)c1C(=O)OC. The van der Waals surface area contributed by atoms with E-state index in [4.69, 9.17) is 14.2 Å². The average Bonchev–Trinajstić information content (AvgIpc) is 3.15. The van der Waals surface area contributed by atoms with E-state index in [1.807, 2.05) is 32.0 Å². The normalized spacial score (nSPS) is 10.7. The molecule has 0 aliphatic carbocycles. The van der Waals surface area contributed by atoms with Gasteiger partial charge in [0, 0.05) is 5.56 Å². The van der Waals surface area contributed by atoms with E-state index in [0.717, 1.165) is 4.47 Å². The minimum atomic E-state index is -0.700. The summed E-state index contributed by atoms with van der Waals surface area (Å²) in [5.41, 5.74) is 1.48. The summed E-state index contributed by atoms with van der Waals surface area (Å²) in [6, 6.07) is 14.4.